The Bertz CT molecular complexity index is 2100. The molecule has 0 spiro atoms. The van der Waals surface area contributed by atoms with Crippen molar-refractivity contribution in [2.75, 3.05) is 25.5 Å². The standard InChI is InChI=1S/C40H41N3O11/c1-20-27-24(43(21(2)53-18-22-11-7-5-8-12-22)17-26(45)54-19-23-13-9-6-10-14-23)15-16-25(44)29(27)34(46)30-28(20)35(47)32-33(42(3)4)36(48)31(39(41)51)38(50)40(32,52)37(30)49/h5-16,20,28,32-33,35,44,46-47,50,52H,2,17-19H2,1,3-4H3,(H2,41,51)/t20-,28+,32+,33-,35-,40-/m0/s1. The number of aromatic hydroxyl groups is 1. The van der Waals surface area contributed by atoms with E-state index in [4.69, 9.17) is 15.2 Å². The van der Waals surface area contributed by atoms with Crippen molar-refractivity contribution in [3.05, 3.63) is 124 Å². The average molecular weight is 740 g/mol. The maximum Gasteiger partial charge on any atom is 0.326 e. The Labute approximate surface area is 310 Å². The molecule has 0 unspecified atom stereocenters. The summed E-state index contributed by atoms with van der Waals surface area (Å²) in [4.78, 5) is 56.5. The number of rotatable bonds is 11. The molecule has 3 aliphatic carbocycles. The summed E-state index contributed by atoms with van der Waals surface area (Å²) < 4.78 is 11.6. The molecule has 3 aromatic carbocycles. The molecule has 0 radical (unpaired) electrons. The minimum Gasteiger partial charge on any atom is -0.508 e. The van der Waals surface area contributed by atoms with Crippen molar-refractivity contribution in [1.82, 2.24) is 4.90 Å². The normalized spacial score (nSPS) is 24.7. The number of amides is 1. The quantitative estimate of drug-likeness (QED) is 0.0948. The molecule has 6 rings (SSSR count). The lowest BCUT2D eigenvalue weighted by atomic mass is 9.54. The number of fused-ring (bicyclic) bond motifs is 3. The zero-order chi connectivity index (χ0) is 39.2. The highest BCUT2D eigenvalue weighted by atomic mass is 16.5. The highest BCUT2D eigenvalue weighted by molar-refractivity contribution is 6.24. The third kappa shape index (κ3) is 6.17. The lowest BCUT2D eigenvalue weighted by Crippen LogP contribution is -2.70. The van der Waals surface area contributed by atoms with Crippen LogP contribution >= 0.6 is 0 Å². The van der Waals surface area contributed by atoms with Crippen LogP contribution in [0.3, 0.4) is 0 Å². The maximum atomic E-state index is 14.4. The van der Waals surface area contributed by atoms with E-state index in [9.17, 15) is 44.7 Å². The fourth-order valence-electron chi connectivity index (χ4n) is 7.95. The number of ether oxygens (including phenoxy) is 2. The van der Waals surface area contributed by atoms with E-state index in [0.29, 0.717) is 0 Å². The number of anilines is 1. The van der Waals surface area contributed by atoms with Crippen molar-refractivity contribution in [2.24, 2.45) is 17.6 Å². The fourth-order valence-corrected chi connectivity index (χ4v) is 7.95. The smallest absolute Gasteiger partial charge is 0.326 e. The van der Waals surface area contributed by atoms with E-state index in [1.165, 1.54) is 36.0 Å². The van der Waals surface area contributed by atoms with Crippen LogP contribution in [0.25, 0.3) is 5.76 Å². The van der Waals surface area contributed by atoms with E-state index in [0.717, 1.165) is 11.1 Å². The second kappa shape index (κ2) is 14.5. The monoisotopic (exact) mass is 739 g/mol. The molecule has 0 saturated heterocycles. The number of carbonyl (C=O) groups is 4. The first-order valence-corrected chi connectivity index (χ1v) is 17.1. The van der Waals surface area contributed by atoms with E-state index < -0.39 is 93.9 Å². The topological polar surface area (TPSA) is 220 Å². The Hall–Kier alpha value is -5.96. The highest BCUT2D eigenvalue weighted by Crippen LogP contribution is 2.57. The van der Waals surface area contributed by atoms with Crippen molar-refractivity contribution in [3.63, 3.8) is 0 Å². The molecule has 14 nitrogen and oxygen atoms in total. The minimum atomic E-state index is -3.06. The molecular weight excluding hydrogens is 698 g/mol. The molecule has 0 bridgehead atoms. The van der Waals surface area contributed by atoms with Crippen molar-refractivity contribution in [3.8, 4) is 5.75 Å². The first-order chi connectivity index (χ1) is 25.6. The molecule has 54 heavy (non-hydrogen) atoms. The van der Waals surface area contributed by atoms with Crippen molar-refractivity contribution in [2.45, 2.75) is 43.8 Å². The van der Waals surface area contributed by atoms with E-state index in [2.05, 4.69) is 6.58 Å². The predicted molar refractivity (Wildman–Crippen MR) is 194 cm³/mol. The summed E-state index contributed by atoms with van der Waals surface area (Å²) in [5.74, 6) is -11.2. The Kier molecular flexibility index (Phi) is 10.1. The van der Waals surface area contributed by atoms with Gasteiger partial charge in [-0.05, 0) is 55.4 Å². The van der Waals surface area contributed by atoms with Crippen molar-refractivity contribution < 1.29 is 54.2 Å². The Morgan fingerprint density at radius 3 is 2.04 bits per heavy atom. The lowest BCUT2D eigenvalue weighted by molar-refractivity contribution is -0.169. The van der Waals surface area contributed by atoms with Gasteiger partial charge in [-0.2, -0.15) is 0 Å². The number of ketones is 2. The minimum absolute atomic E-state index is 0.0147. The molecule has 1 saturated carbocycles. The first kappa shape index (κ1) is 37.8. The third-order valence-corrected chi connectivity index (χ3v) is 10.5. The number of Topliss-reactive ketones (excluding diaryl/α,β-unsaturated/α-hetero) is 2. The number of phenolic OH excluding ortho intramolecular Hbond substituents is 1. The van der Waals surface area contributed by atoms with Crippen LogP contribution in [0, 0.1) is 11.8 Å². The van der Waals surface area contributed by atoms with Crippen LogP contribution in [0.5, 0.6) is 5.75 Å². The summed E-state index contributed by atoms with van der Waals surface area (Å²) >= 11 is 0. The zero-order valence-electron chi connectivity index (χ0n) is 29.8. The van der Waals surface area contributed by atoms with Crippen molar-refractivity contribution in [1.29, 1.82) is 0 Å². The van der Waals surface area contributed by atoms with E-state index in [1.807, 2.05) is 36.4 Å². The van der Waals surface area contributed by atoms with Crippen LogP contribution in [-0.4, -0.2) is 92.3 Å². The van der Waals surface area contributed by atoms with Crippen LogP contribution < -0.4 is 10.6 Å². The maximum absolute atomic E-state index is 14.4. The summed E-state index contributed by atoms with van der Waals surface area (Å²) in [7, 11) is 2.85. The second-order valence-corrected chi connectivity index (χ2v) is 13.8. The molecule has 1 amide bonds. The van der Waals surface area contributed by atoms with Gasteiger partial charge in [-0.15, -0.1) is 0 Å². The van der Waals surface area contributed by atoms with Gasteiger partial charge in [-0.25, -0.2) is 0 Å². The largest absolute Gasteiger partial charge is 0.508 e. The van der Waals surface area contributed by atoms with E-state index in [1.54, 1.807) is 31.2 Å². The molecule has 0 aliphatic heterocycles. The molecule has 7 N–H and O–H groups in total. The molecule has 14 heteroatoms. The van der Waals surface area contributed by atoms with Crippen LogP contribution in [0.1, 0.15) is 35.1 Å². The van der Waals surface area contributed by atoms with Crippen molar-refractivity contribution >= 4 is 34.9 Å². The number of aliphatic hydroxyl groups is 4. The summed E-state index contributed by atoms with van der Waals surface area (Å²) in [6.07, 6.45) is -1.82. The van der Waals surface area contributed by atoms with Gasteiger partial charge >= 0.3 is 5.97 Å². The number of aliphatic hydroxyl groups excluding tert-OH is 3. The number of benzene rings is 3. The third-order valence-electron chi connectivity index (χ3n) is 10.5. The number of nitrogens with zero attached hydrogens (tertiary/aromatic N) is 2. The molecule has 3 aliphatic rings. The number of nitrogens with two attached hydrogens (primary N) is 1. The number of carbonyl (C=O) groups excluding carboxylic acids is 4. The van der Waals surface area contributed by atoms with Gasteiger partial charge in [0.15, 0.2) is 17.3 Å². The number of esters is 1. The SMILES string of the molecule is C=C(OCc1ccccc1)N(CC(=O)OCc1ccccc1)c1ccc(O)c2c1[C@H](C)[C@@H]1C(=C2O)C(=O)[C@]2(O)C(O)=C(C(N)=O)C(=O)[C@@H](N(C)C)[C@@H]2[C@H]1O. The molecule has 0 heterocycles. The second-order valence-electron chi connectivity index (χ2n) is 13.8. The fraction of sp³-hybridized carbons (Fsp3) is 0.300. The molecule has 3 aromatic rings. The van der Waals surface area contributed by atoms with Gasteiger partial charge in [-0.1, -0.05) is 67.6 Å². The summed E-state index contributed by atoms with van der Waals surface area (Å²) in [6.45, 7) is 5.24. The number of likely N-dealkylation sites (N-methyl/N-ethyl adjacent to an activating group) is 1. The Morgan fingerprint density at radius 1 is 0.907 bits per heavy atom. The van der Waals surface area contributed by atoms with Crippen LogP contribution in [0.4, 0.5) is 5.69 Å². The molecule has 282 valence electrons. The van der Waals surface area contributed by atoms with Gasteiger partial charge < -0.3 is 45.6 Å². The van der Waals surface area contributed by atoms with Gasteiger partial charge in [0.2, 0.25) is 5.78 Å². The average Bonchev–Trinajstić information content (AvgIpc) is 3.14. The Balaban J connectivity index is 1.48. The molecule has 0 aromatic heterocycles. The van der Waals surface area contributed by atoms with E-state index in [-0.39, 0.29) is 35.9 Å². The van der Waals surface area contributed by atoms with Gasteiger partial charge in [0, 0.05) is 17.2 Å². The van der Waals surface area contributed by atoms with Gasteiger partial charge in [0.1, 0.15) is 42.6 Å². The number of phenols is 1. The number of hydrogen-bond donors (Lipinski definition) is 6. The van der Waals surface area contributed by atoms with Gasteiger partial charge in [-0.3, -0.25) is 24.1 Å². The molecule has 6 atom stereocenters. The summed E-state index contributed by atoms with van der Waals surface area (Å²) in [6, 6.07) is 19.3. The summed E-state index contributed by atoms with van der Waals surface area (Å²) in [5.41, 5.74) is 2.42. The van der Waals surface area contributed by atoms with Gasteiger partial charge in [0.05, 0.1) is 23.6 Å². The molecular formula is C40H41N3O11. The first-order valence-electron chi connectivity index (χ1n) is 17.1. The van der Waals surface area contributed by atoms with Gasteiger partial charge in [0.25, 0.3) is 5.91 Å². The van der Waals surface area contributed by atoms with Crippen LogP contribution in [0.15, 0.2) is 102 Å². The number of hydrogen-bond acceptors (Lipinski definition) is 13. The zero-order valence-corrected chi connectivity index (χ0v) is 29.8. The summed E-state index contributed by atoms with van der Waals surface area (Å²) in [5, 5.41) is 58.4. The highest BCUT2D eigenvalue weighted by Gasteiger charge is 2.68. The number of primary amides is 1. The lowest BCUT2D eigenvalue weighted by Gasteiger charge is -2.54. The van der Waals surface area contributed by atoms with Crippen LogP contribution in [-0.2, 0) is 41.9 Å². The predicted octanol–water partition coefficient (Wildman–Crippen LogP) is 2.73. The molecule has 1 fully saturated rings. The Morgan fingerprint density at radius 2 is 1.48 bits per heavy atom. The van der Waals surface area contributed by atoms with Crippen LogP contribution in [0.2, 0.25) is 0 Å². The van der Waals surface area contributed by atoms with E-state index >= 15 is 0 Å².